The Labute approximate surface area is 151 Å². The Kier molecular flexibility index (Phi) is 6.95. The molecule has 0 aromatic carbocycles. The minimum atomic E-state index is -1.17. The fourth-order valence-electron chi connectivity index (χ4n) is 2.84. The SMILES string of the molecule is CCOC(=O)c1cnc([C@@H](NS(=O)C(C)(C)C)C2CCCCC2)s1. The summed E-state index contributed by atoms with van der Waals surface area (Å²) in [6.45, 7) is 8.02. The van der Waals surface area contributed by atoms with Crippen LogP contribution in [-0.4, -0.2) is 26.5 Å². The molecule has 1 aromatic rings. The van der Waals surface area contributed by atoms with Gasteiger partial charge in [0.2, 0.25) is 0 Å². The molecule has 24 heavy (non-hydrogen) atoms. The number of esters is 1. The van der Waals surface area contributed by atoms with E-state index < -0.39 is 11.0 Å². The average molecular weight is 373 g/mol. The highest BCUT2D eigenvalue weighted by Crippen LogP contribution is 2.37. The minimum Gasteiger partial charge on any atom is -0.462 e. The van der Waals surface area contributed by atoms with E-state index in [9.17, 15) is 9.00 Å². The molecule has 1 heterocycles. The summed E-state index contributed by atoms with van der Waals surface area (Å²) in [4.78, 5) is 16.9. The van der Waals surface area contributed by atoms with E-state index in [1.54, 1.807) is 13.1 Å². The number of nitrogens with one attached hydrogen (secondary N) is 1. The molecule has 0 spiro atoms. The molecule has 136 valence electrons. The molecule has 0 bridgehead atoms. The number of carbonyl (C=O) groups is 1. The smallest absolute Gasteiger partial charge is 0.349 e. The molecule has 7 heteroatoms. The van der Waals surface area contributed by atoms with Gasteiger partial charge >= 0.3 is 5.97 Å². The average Bonchev–Trinajstić information content (AvgIpc) is 3.02. The molecular weight excluding hydrogens is 344 g/mol. The second-order valence-electron chi connectivity index (χ2n) is 7.16. The number of ether oxygens (including phenoxy) is 1. The van der Waals surface area contributed by atoms with Crippen molar-refractivity contribution in [1.29, 1.82) is 0 Å². The molecule has 1 N–H and O–H groups in total. The van der Waals surface area contributed by atoms with Crippen molar-refractivity contribution >= 4 is 28.3 Å². The van der Waals surface area contributed by atoms with Crippen LogP contribution >= 0.6 is 11.3 Å². The van der Waals surface area contributed by atoms with E-state index in [-0.39, 0.29) is 16.8 Å². The van der Waals surface area contributed by atoms with E-state index >= 15 is 0 Å². The third-order valence-electron chi connectivity index (χ3n) is 4.18. The lowest BCUT2D eigenvalue weighted by molar-refractivity contribution is 0.0532. The third-order valence-corrected chi connectivity index (χ3v) is 6.82. The molecule has 5 nitrogen and oxygen atoms in total. The summed E-state index contributed by atoms with van der Waals surface area (Å²) in [6, 6.07) is -0.0708. The zero-order chi connectivity index (χ0) is 17.7. The molecule has 0 amide bonds. The van der Waals surface area contributed by atoms with Crippen molar-refractivity contribution in [2.45, 2.75) is 70.6 Å². The Morgan fingerprint density at radius 3 is 2.67 bits per heavy atom. The van der Waals surface area contributed by atoms with Gasteiger partial charge in [0, 0.05) is 0 Å². The third kappa shape index (κ3) is 5.10. The number of hydrogen-bond donors (Lipinski definition) is 1. The van der Waals surface area contributed by atoms with Gasteiger partial charge in [-0.1, -0.05) is 19.3 Å². The predicted octanol–water partition coefficient (Wildman–Crippen LogP) is 3.99. The maximum atomic E-state index is 12.6. The van der Waals surface area contributed by atoms with Crippen LogP contribution in [-0.2, 0) is 15.7 Å². The molecule has 0 saturated heterocycles. The number of nitrogens with zero attached hydrogens (tertiary/aromatic N) is 1. The molecule has 1 aliphatic carbocycles. The summed E-state index contributed by atoms with van der Waals surface area (Å²) in [5.41, 5.74) is 0. The van der Waals surface area contributed by atoms with Crippen LogP contribution in [0.25, 0.3) is 0 Å². The summed E-state index contributed by atoms with van der Waals surface area (Å²) >= 11 is 1.35. The van der Waals surface area contributed by atoms with Gasteiger partial charge in [-0.3, -0.25) is 0 Å². The second-order valence-corrected chi connectivity index (χ2v) is 10.2. The first-order valence-corrected chi connectivity index (χ1v) is 10.6. The van der Waals surface area contributed by atoms with E-state index in [0.717, 1.165) is 17.8 Å². The lowest BCUT2D eigenvalue weighted by Gasteiger charge is -2.31. The quantitative estimate of drug-likeness (QED) is 0.767. The van der Waals surface area contributed by atoms with E-state index in [1.165, 1.54) is 30.6 Å². The number of hydrogen-bond acceptors (Lipinski definition) is 5. The van der Waals surface area contributed by atoms with Crippen molar-refractivity contribution in [3.63, 3.8) is 0 Å². The zero-order valence-corrected chi connectivity index (χ0v) is 16.6. The first-order chi connectivity index (χ1) is 11.3. The lowest BCUT2D eigenvalue weighted by Crippen LogP contribution is -2.39. The molecular formula is C17H28N2O3S2. The lowest BCUT2D eigenvalue weighted by atomic mass is 9.84. The van der Waals surface area contributed by atoms with Crippen molar-refractivity contribution in [2.24, 2.45) is 5.92 Å². The fraction of sp³-hybridized carbons (Fsp3) is 0.765. The molecule has 1 fully saturated rings. The number of aromatic nitrogens is 1. The minimum absolute atomic E-state index is 0.0708. The van der Waals surface area contributed by atoms with Gasteiger partial charge in [-0.2, -0.15) is 0 Å². The normalized spacial score (nSPS) is 19.0. The van der Waals surface area contributed by atoms with Crippen LogP contribution in [0.1, 0.15) is 80.5 Å². The van der Waals surface area contributed by atoms with E-state index in [2.05, 4.69) is 9.71 Å². The van der Waals surface area contributed by atoms with Gasteiger partial charge in [-0.15, -0.1) is 11.3 Å². The van der Waals surface area contributed by atoms with Crippen molar-refractivity contribution in [3.8, 4) is 0 Å². The van der Waals surface area contributed by atoms with Gasteiger partial charge in [-0.25, -0.2) is 18.7 Å². The number of thiazole rings is 1. The first kappa shape index (κ1) is 19.5. The van der Waals surface area contributed by atoms with Crippen LogP contribution in [0.15, 0.2) is 6.20 Å². The van der Waals surface area contributed by atoms with Gasteiger partial charge in [0.15, 0.2) is 0 Å². The van der Waals surface area contributed by atoms with Crippen molar-refractivity contribution in [3.05, 3.63) is 16.1 Å². The Balaban J connectivity index is 2.21. The first-order valence-electron chi connectivity index (χ1n) is 8.63. The molecule has 2 rings (SSSR count). The van der Waals surface area contributed by atoms with Crippen LogP contribution in [0, 0.1) is 5.92 Å². The summed E-state index contributed by atoms with van der Waals surface area (Å²) < 4.78 is 20.6. The summed E-state index contributed by atoms with van der Waals surface area (Å²) in [6.07, 6.45) is 7.44. The van der Waals surface area contributed by atoms with Gasteiger partial charge in [0.1, 0.15) is 9.88 Å². The maximum Gasteiger partial charge on any atom is 0.349 e. The molecule has 0 radical (unpaired) electrons. The highest BCUT2D eigenvalue weighted by molar-refractivity contribution is 7.84. The van der Waals surface area contributed by atoms with Gasteiger partial charge < -0.3 is 4.74 Å². The zero-order valence-electron chi connectivity index (χ0n) is 15.0. The Hall–Kier alpha value is -0.790. The molecule has 1 unspecified atom stereocenters. The highest BCUT2D eigenvalue weighted by atomic mass is 32.2. The highest BCUT2D eigenvalue weighted by Gasteiger charge is 2.32. The van der Waals surface area contributed by atoms with Crippen LogP contribution in [0.5, 0.6) is 0 Å². The van der Waals surface area contributed by atoms with Crippen LogP contribution in [0.4, 0.5) is 0 Å². The molecule has 1 aliphatic rings. The van der Waals surface area contributed by atoms with Gasteiger partial charge in [0.05, 0.1) is 34.6 Å². The monoisotopic (exact) mass is 372 g/mol. The van der Waals surface area contributed by atoms with Gasteiger partial charge in [-0.05, 0) is 46.5 Å². The van der Waals surface area contributed by atoms with Crippen molar-refractivity contribution in [2.75, 3.05) is 6.61 Å². The van der Waals surface area contributed by atoms with Crippen LogP contribution in [0.3, 0.4) is 0 Å². The Morgan fingerprint density at radius 2 is 2.08 bits per heavy atom. The maximum absolute atomic E-state index is 12.6. The van der Waals surface area contributed by atoms with E-state index in [1.807, 2.05) is 20.8 Å². The van der Waals surface area contributed by atoms with Crippen LogP contribution < -0.4 is 4.72 Å². The van der Waals surface area contributed by atoms with Crippen molar-refractivity contribution < 1.29 is 13.7 Å². The van der Waals surface area contributed by atoms with E-state index in [4.69, 9.17) is 4.74 Å². The molecule has 1 aromatic heterocycles. The summed E-state index contributed by atoms with van der Waals surface area (Å²) in [5, 5.41) is 0.836. The number of carbonyl (C=O) groups excluding carboxylic acids is 1. The second kappa shape index (κ2) is 8.54. The summed E-state index contributed by atoms with van der Waals surface area (Å²) in [5.74, 6) is 0.0758. The predicted molar refractivity (Wildman–Crippen MR) is 98.4 cm³/mol. The molecule has 0 aliphatic heterocycles. The molecule has 2 atom stereocenters. The Bertz CT molecular complexity index is 575. The van der Waals surface area contributed by atoms with E-state index in [0.29, 0.717) is 17.4 Å². The molecule has 1 saturated carbocycles. The largest absolute Gasteiger partial charge is 0.462 e. The summed E-state index contributed by atoms with van der Waals surface area (Å²) in [7, 11) is -1.17. The number of rotatable bonds is 6. The fourth-order valence-corrected chi connectivity index (χ4v) is 4.76. The van der Waals surface area contributed by atoms with Crippen LogP contribution in [0.2, 0.25) is 0 Å². The van der Waals surface area contributed by atoms with Crippen molar-refractivity contribution in [1.82, 2.24) is 9.71 Å². The van der Waals surface area contributed by atoms with Gasteiger partial charge in [0.25, 0.3) is 0 Å². The topological polar surface area (TPSA) is 68.3 Å². The Morgan fingerprint density at radius 1 is 1.42 bits per heavy atom. The standard InChI is InChI=1S/C17H28N2O3S2/c1-5-22-16(20)13-11-18-15(23-13)14(12-9-7-6-8-10-12)19-24(21)17(2,3)4/h11-12,14,19H,5-10H2,1-4H3/t14-,24?/m0/s1.